The smallest absolute Gasteiger partial charge is 0.261 e. The Hall–Kier alpha value is -3.16. The lowest BCUT2D eigenvalue weighted by molar-refractivity contribution is -0.134. The second-order valence-corrected chi connectivity index (χ2v) is 7.91. The number of carbonyl (C=O) groups is 2. The van der Waals surface area contributed by atoms with Crippen molar-refractivity contribution in [3.05, 3.63) is 47.5 Å². The molecule has 1 aromatic carbocycles. The van der Waals surface area contributed by atoms with Crippen molar-refractivity contribution >= 4 is 11.8 Å². The van der Waals surface area contributed by atoms with Crippen molar-refractivity contribution in [3.8, 4) is 11.5 Å². The Morgan fingerprint density at radius 2 is 1.84 bits per heavy atom. The number of likely N-dealkylation sites (tertiary alicyclic amines) is 2. The highest BCUT2D eigenvalue weighted by molar-refractivity contribution is 5.95. The molecule has 2 fully saturated rings. The Morgan fingerprint density at radius 1 is 1.10 bits per heavy atom. The van der Waals surface area contributed by atoms with Crippen LogP contribution in [0, 0.1) is 6.92 Å². The molecule has 0 radical (unpaired) electrons. The highest BCUT2D eigenvalue weighted by Gasteiger charge is 2.33. The van der Waals surface area contributed by atoms with Gasteiger partial charge in [0.1, 0.15) is 0 Å². The van der Waals surface area contributed by atoms with Crippen LogP contribution in [0.25, 0.3) is 0 Å². The van der Waals surface area contributed by atoms with Crippen molar-refractivity contribution in [1.82, 2.24) is 19.8 Å². The first kappa shape index (κ1) is 21.1. The van der Waals surface area contributed by atoms with Crippen LogP contribution in [-0.4, -0.2) is 64.9 Å². The summed E-state index contributed by atoms with van der Waals surface area (Å²) in [4.78, 5) is 38.3. The third-order valence-corrected chi connectivity index (χ3v) is 5.91. The minimum atomic E-state index is -0.205. The van der Waals surface area contributed by atoms with Crippen LogP contribution in [0.1, 0.15) is 53.6 Å². The first-order valence-corrected chi connectivity index (χ1v) is 10.8. The number of hydrogen-bond donors (Lipinski definition) is 0. The number of hydrogen-bond acceptors (Lipinski definition) is 6. The number of methoxy groups -OCH3 is 1. The van der Waals surface area contributed by atoms with Crippen molar-refractivity contribution in [3.63, 3.8) is 0 Å². The van der Waals surface area contributed by atoms with E-state index in [1.807, 2.05) is 24.0 Å². The Bertz CT molecular complexity index is 958. The minimum absolute atomic E-state index is 0.00823. The molecule has 2 aliphatic heterocycles. The maximum Gasteiger partial charge on any atom is 0.261 e. The largest absolute Gasteiger partial charge is 0.493 e. The van der Waals surface area contributed by atoms with Gasteiger partial charge in [0.25, 0.3) is 11.8 Å². The lowest BCUT2D eigenvalue weighted by atomic mass is 10.1. The summed E-state index contributed by atoms with van der Waals surface area (Å²) in [5, 5.41) is 0. The normalized spacial score (nSPS) is 18.3. The molecule has 2 saturated heterocycles. The molecule has 1 aromatic heterocycles. The summed E-state index contributed by atoms with van der Waals surface area (Å²) < 4.78 is 11.0. The second kappa shape index (κ2) is 9.32. The highest BCUT2D eigenvalue weighted by Crippen LogP contribution is 2.31. The van der Waals surface area contributed by atoms with Gasteiger partial charge in [0.15, 0.2) is 23.9 Å². The Labute approximate surface area is 182 Å². The van der Waals surface area contributed by atoms with Crippen LogP contribution in [0.15, 0.2) is 30.5 Å². The second-order valence-electron chi connectivity index (χ2n) is 7.91. The number of para-hydroxylation sites is 2. The number of rotatable bonds is 6. The summed E-state index contributed by atoms with van der Waals surface area (Å²) in [5.41, 5.74) is 1.20. The summed E-state index contributed by atoms with van der Waals surface area (Å²) in [7, 11) is 1.57. The zero-order valence-electron chi connectivity index (χ0n) is 18.0. The summed E-state index contributed by atoms with van der Waals surface area (Å²) in [6, 6.07) is 7.05. The van der Waals surface area contributed by atoms with Crippen molar-refractivity contribution in [2.75, 3.05) is 33.4 Å². The molecule has 2 amide bonds. The van der Waals surface area contributed by atoms with E-state index in [-0.39, 0.29) is 24.5 Å². The van der Waals surface area contributed by atoms with Gasteiger partial charge in [-0.15, -0.1) is 0 Å². The number of benzene rings is 1. The molecule has 164 valence electrons. The SMILES string of the molecule is COc1ccccc1OCC(=O)N1CCC[C@H]1c1ncc(C(=O)N2CCCC2)c(C)n1. The lowest BCUT2D eigenvalue weighted by Gasteiger charge is -2.24. The zero-order valence-corrected chi connectivity index (χ0v) is 18.0. The molecule has 8 heteroatoms. The average molecular weight is 425 g/mol. The topological polar surface area (TPSA) is 84.9 Å². The minimum Gasteiger partial charge on any atom is -0.493 e. The standard InChI is InChI=1S/C23H28N4O4/c1-16-17(23(29)26-11-5-6-12-26)14-24-22(25-16)18-8-7-13-27(18)21(28)15-31-20-10-4-3-9-19(20)30-2/h3-4,9-10,14,18H,5-8,11-13,15H2,1-2H3/t18-/m0/s1. The number of aryl methyl sites for hydroxylation is 1. The molecule has 0 aliphatic carbocycles. The van der Waals surface area contributed by atoms with Gasteiger partial charge in [-0.2, -0.15) is 0 Å². The first-order chi connectivity index (χ1) is 15.1. The van der Waals surface area contributed by atoms with Gasteiger partial charge < -0.3 is 19.3 Å². The molecular weight excluding hydrogens is 396 g/mol. The lowest BCUT2D eigenvalue weighted by Crippen LogP contribution is -2.35. The predicted molar refractivity (Wildman–Crippen MR) is 114 cm³/mol. The third kappa shape index (κ3) is 4.47. The molecule has 2 aromatic rings. The molecule has 2 aliphatic rings. The fraction of sp³-hybridized carbons (Fsp3) is 0.478. The monoisotopic (exact) mass is 424 g/mol. The zero-order chi connectivity index (χ0) is 21.8. The number of aromatic nitrogens is 2. The molecule has 0 bridgehead atoms. The van der Waals surface area contributed by atoms with E-state index in [0.717, 1.165) is 38.8 Å². The fourth-order valence-electron chi connectivity index (χ4n) is 4.24. The molecule has 8 nitrogen and oxygen atoms in total. The van der Waals surface area contributed by atoms with Crippen LogP contribution in [0.3, 0.4) is 0 Å². The molecule has 0 saturated carbocycles. The number of carbonyl (C=O) groups excluding carboxylic acids is 2. The Kier molecular flexibility index (Phi) is 6.34. The van der Waals surface area contributed by atoms with Crippen molar-refractivity contribution in [2.24, 2.45) is 0 Å². The molecule has 4 rings (SSSR count). The van der Waals surface area contributed by atoms with E-state index in [9.17, 15) is 9.59 Å². The van der Waals surface area contributed by atoms with E-state index < -0.39 is 0 Å². The van der Waals surface area contributed by atoms with Gasteiger partial charge in [-0.3, -0.25) is 9.59 Å². The third-order valence-electron chi connectivity index (χ3n) is 5.91. The Morgan fingerprint density at radius 3 is 2.55 bits per heavy atom. The quantitative estimate of drug-likeness (QED) is 0.709. The van der Waals surface area contributed by atoms with Crippen LogP contribution in [0.4, 0.5) is 0 Å². The van der Waals surface area contributed by atoms with Crippen LogP contribution in [-0.2, 0) is 4.79 Å². The van der Waals surface area contributed by atoms with Crippen molar-refractivity contribution in [2.45, 2.75) is 38.6 Å². The van der Waals surface area contributed by atoms with Crippen LogP contribution >= 0.6 is 0 Å². The summed E-state index contributed by atoms with van der Waals surface area (Å²) in [6.07, 6.45) is 5.37. The maximum atomic E-state index is 12.9. The van der Waals surface area contributed by atoms with E-state index >= 15 is 0 Å². The van der Waals surface area contributed by atoms with Gasteiger partial charge in [0.05, 0.1) is 24.4 Å². The van der Waals surface area contributed by atoms with Crippen LogP contribution in [0.2, 0.25) is 0 Å². The van der Waals surface area contributed by atoms with E-state index in [0.29, 0.717) is 35.1 Å². The first-order valence-electron chi connectivity index (χ1n) is 10.8. The van der Waals surface area contributed by atoms with Gasteiger partial charge >= 0.3 is 0 Å². The van der Waals surface area contributed by atoms with Crippen molar-refractivity contribution < 1.29 is 19.1 Å². The van der Waals surface area contributed by atoms with Gasteiger partial charge in [-0.05, 0) is 44.7 Å². The average Bonchev–Trinajstić information content (AvgIpc) is 3.49. The van der Waals surface area contributed by atoms with E-state index in [1.165, 1.54) is 0 Å². The van der Waals surface area contributed by atoms with Crippen molar-refractivity contribution in [1.29, 1.82) is 0 Å². The molecule has 0 N–H and O–H groups in total. The molecule has 0 spiro atoms. The van der Waals surface area contributed by atoms with Gasteiger partial charge in [0.2, 0.25) is 0 Å². The van der Waals surface area contributed by atoms with E-state index in [2.05, 4.69) is 9.97 Å². The number of amides is 2. The highest BCUT2D eigenvalue weighted by atomic mass is 16.5. The predicted octanol–water partition coefficient (Wildman–Crippen LogP) is 2.77. The molecular formula is C23H28N4O4. The molecule has 3 heterocycles. The Balaban J connectivity index is 1.44. The number of ether oxygens (including phenoxy) is 2. The summed E-state index contributed by atoms with van der Waals surface area (Å²) >= 11 is 0. The summed E-state index contributed by atoms with van der Waals surface area (Å²) in [5.74, 6) is 1.58. The molecule has 1 atom stereocenters. The van der Waals surface area contributed by atoms with Gasteiger partial charge in [-0.25, -0.2) is 9.97 Å². The molecule has 0 unspecified atom stereocenters. The summed E-state index contributed by atoms with van der Waals surface area (Å²) in [6.45, 7) is 3.96. The van der Waals surface area contributed by atoms with E-state index in [1.54, 1.807) is 30.3 Å². The van der Waals surface area contributed by atoms with Crippen LogP contribution in [0.5, 0.6) is 11.5 Å². The van der Waals surface area contributed by atoms with Gasteiger partial charge in [0, 0.05) is 25.8 Å². The van der Waals surface area contributed by atoms with Crippen LogP contribution < -0.4 is 9.47 Å². The molecule has 31 heavy (non-hydrogen) atoms. The van der Waals surface area contributed by atoms with Gasteiger partial charge in [-0.1, -0.05) is 12.1 Å². The maximum absolute atomic E-state index is 12.9. The number of nitrogens with zero attached hydrogens (tertiary/aromatic N) is 4. The fourth-order valence-corrected chi connectivity index (χ4v) is 4.24. The van der Waals surface area contributed by atoms with E-state index in [4.69, 9.17) is 9.47 Å².